The van der Waals surface area contributed by atoms with E-state index in [2.05, 4.69) is 6.08 Å². The monoisotopic (exact) mass is 219 g/mol. The van der Waals surface area contributed by atoms with Gasteiger partial charge in [0.1, 0.15) is 0 Å². The summed E-state index contributed by atoms with van der Waals surface area (Å²) in [5, 5.41) is 0. The molecule has 16 heavy (non-hydrogen) atoms. The van der Waals surface area contributed by atoms with Gasteiger partial charge < -0.3 is 5.73 Å². The minimum absolute atomic E-state index is 0.828. The summed E-state index contributed by atoms with van der Waals surface area (Å²) in [4.78, 5) is 0. The van der Waals surface area contributed by atoms with Gasteiger partial charge in [-0.05, 0) is 49.5 Å². The van der Waals surface area contributed by atoms with Crippen LogP contribution < -0.4 is 5.73 Å². The van der Waals surface area contributed by atoms with Crippen LogP contribution in [-0.2, 0) is 0 Å². The van der Waals surface area contributed by atoms with Crippen molar-refractivity contribution in [1.82, 2.24) is 0 Å². The zero-order valence-corrected chi connectivity index (χ0v) is 10.3. The second kappa shape index (κ2) is 4.52. The van der Waals surface area contributed by atoms with Crippen LogP contribution in [0.5, 0.6) is 0 Å². The Morgan fingerprint density at radius 1 is 1.19 bits per heavy atom. The van der Waals surface area contributed by atoms with Crippen LogP contribution in [0.4, 0.5) is 0 Å². The highest BCUT2D eigenvalue weighted by Crippen LogP contribution is 2.50. The largest absolute Gasteiger partial charge is 0.330 e. The minimum Gasteiger partial charge on any atom is -0.330 e. The van der Waals surface area contributed by atoms with Crippen molar-refractivity contribution in [1.29, 1.82) is 0 Å². The van der Waals surface area contributed by atoms with Crippen molar-refractivity contribution >= 4 is 0 Å². The summed E-state index contributed by atoms with van der Waals surface area (Å²) in [6.45, 7) is 0.911. The number of nitrogens with two attached hydrogens (primary N) is 1. The van der Waals surface area contributed by atoms with E-state index >= 15 is 0 Å². The number of hydrogen-bond donors (Lipinski definition) is 1. The lowest BCUT2D eigenvalue weighted by Gasteiger charge is -2.39. The summed E-state index contributed by atoms with van der Waals surface area (Å²) in [6.07, 6.45) is 14.3. The van der Waals surface area contributed by atoms with Crippen molar-refractivity contribution in [2.45, 2.75) is 51.4 Å². The third-order valence-electron chi connectivity index (χ3n) is 5.23. The molecule has 0 spiro atoms. The van der Waals surface area contributed by atoms with E-state index in [1.54, 1.807) is 5.57 Å². The molecule has 3 aliphatic carbocycles. The molecule has 0 bridgehead atoms. The van der Waals surface area contributed by atoms with Gasteiger partial charge in [0.15, 0.2) is 0 Å². The lowest BCUT2D eigenvalue weighted by atomic mass is 9.66. The Morgan fingerprint density at radius 3 is 2.75 bits per heavy atom. The molecule has 0 saturated heterocycles. The summed E-state index contributed by atoms with van der Waals surface area (Å²) in [5.74, 6) is 3.72. The number of hydrogen-bond acceptors (Lipinski definition) is 1. The normalized spacial score (nSPS) is 39.1. The van der Waals surface area contributed by atoms with Gasteiger partial charge in [0.25, 0.3) is 0 Å². The minimum atomic E-state index is 0.828. The molecule has 1 heteroatoms. The van der Waals surface area contributed by atoms with E-state index in [0.717, 1.165) is 30.2 Å². The molecule has 2 saturated carbocycles. The van der Waals surface area contributed by atoms with Gasteiger partial charge in [-0.15, -0.1) is 0 Å². The molecule has 3 aliphatic rings. The van der Waals surface area contributed by atoms with Gasteiger partial charge in [0.2, 0.25) is 0 Å². The van der Waals surface area contributed by atoms with Gasteiger partial charge in [-0.25, -0.2) is 0 Å². The Kier molecular flexibility index (Phi) is 3.06. The van der Waals surface area contributed by atoms with Crippen LogP contribution in [0.3, 0.4) is 0 Å². The van der Waals surface area contributed by atoms with E-state index in [1.807, 2.05) is 0 Å². The molecule has 2 N–H and O–H groups in total. The van der Waals surface area contributed by atoms with Gasteiger partial charge in [0, 0.05) is 0 Å². The smallest absolute Gasteiger partial charge is 0.00430 e. The van der Waals surface area contributed by atoms with Gasteiger partial charge in [-0.2, -0.15) is 0 Å². The molecule has 1 nitrogen and oxygen atoms in total. The van der Waals surface area contributed by atoms with Crippen LogP contribution in [0.2, 0.25) is 0 Å². The molecule has 0 amide bonds. The zero-order valence-electron chi connectivity index (χ0n) is 10.3. The molecule has 0 heterocycles. The average Bonchev–Trinajstić information content (AvgIpc) is 2.60. The fourth-order valence-electron chi connectivity index (χ4n) is 4.23. The van der Waals surface area contributed by atoms with Crippen LogP contribution in [-0.4, -0.2) is 6.54 Å². The number of fused-ring (bicyclic) bond motifs is 1. The highest BCUT2D eigenvalue weighted by atomic mass is 14.6. The molecule has 0 aromatic carbocycles. The van der Waals surface area contributed by atoms with E-state index in [1.165, 1.54) is 51.4 Å². The Balaban J connectivity index is 1.54. The van der Waals surface area contributed by atoms with Gasteiger partial charge in [-0.1, -0.05) is 43.8 Å². The van der Waals surface area contributed by atoms with Crippen molar-refractivity contribution in [3.05, 3.63) is 11.6 Å². The van der Waals surface area contributed by atoms with Gasteiger partial charge >= 0.3 is 0 Å². The molecule has 3 unspecified atom stereocenters. The Bertz CT molecular complexity index is 275. The van der Waals surface area contributed by atoms with Crippen LogP contribution in [0, 0.1) is 23.7 Å². The summed E-state index contributed by atoms with van der Waals surface area (Å²) < 4.78 is 0. The predicted molar refractivity (Wildman–Crippen MR) is 68.0 cm³/mol. The van der Waals surface area contributed by atoms with Crippen LogP contribution in [0.25, 0.3) is 0 Å². The first-order valence-corrected chi connectivity index (χ1v) is 7.26. The second-order valence-electron chi connectivity index (χ2n) is 6.31. The molecule has 0 aromatic rings. The molecular weight excluding hydrogens is 194 g/mol. The number of allylic oxidation sites excluding steroid dienone is 2. The average molecular weight is 219 g/mol. The van der Waals surface area contributed by atoms with Crippen LogP contribution >= 0.6 is 0 Å². The van der Waals surface area contributed by atoms with Crippen molar-refractivity contribution in [3.8, 4) is 0 Å². The molecule has 0 radical (unpaired) electrons. The molecular formula is C15H25N. The van der Waals surface area contributed by atoms with Crippen molar-refractivity contribution in [2.75, 3.05) is 6.54 Å². The van der Waals surface area contributed by atoms with Crippen LogP contribution in [0.15, 0.2) is 11.6 Å². The second-order valence-corrected chi connectivity index (χ2v) is 6.31. The predicted octanol–water partition coefficient (Wildman–Crippen LogP) is 3.50. The standard InChI is InChI=1S/C15H25N/c16-10-14-9-13-7-12(8-15(13)14)6-11-4-2-1-3-5-11/h8,11,13-15H,1-7,9-10,16H2. The maximum absolute atomic E-state index is 5.79. The van der Waals surface area contributed by atoms with Crippen LogP contribution in [0.1, 0.15) is 51.4 Å². The van der Waals surface area contributed by atoms with Crippen molar-refractivity contribution in [3.63, 3.8) is 0 Å². The Morgan fingerprint density at radius 2 is 2.00 bits per heavy atom. The Labute approximate surface area is 99.5 Å². The van der Waals surface area contributed by atoms with Crippen molar-refractivity contribution < 1.29 is 0 Å². The van der Waals surface area contributed by atoms with E-state index < -0.39 is 0 Å². The van der Waals surface area contributed by atoms with Gasteiger partial charge in [-0.3, -0.25) is 0 Å². The molecule has 3 atom stereocenters. The topological polar surface area (TPSA) is 26.0 Å². The van der Waals surface area contributed by atoms with E-state index in [0.29, 0.717) is 0 Å². The van der Waals surface area contributed by atoms with Gasteiger partial charge in [0.05, 0.1) is 0 Å². The van der Waals surface area contributed by atoms with E-state index in [-0.39, 0.29) is 0 Å². The molecule has 3 rings (SSSR count). The molecule has 0 aliphatic heterocycles. The fraction of sp³-hybridized carbons (Fsp3) is 0.867. The first kappa shape index (κ1) is 10.8. The highest BCUT2D eigenvalue weighted by molar-refractivity contribution is 5.20. The molecule has 90 valence electrons. The Hall–Kier alpha value is -0.300. The summed E-state index contributed by atoms with van der Waals surface area (Å²) in [7, 11) is 0. The third-order valence-corrected chi connectivity index (χ3v) is 5.23. The SMILES string of the molecule is NCC1CC2CC(CC3CCCCC3)=CC12. The quantitative estimate of drug-likeness (QED) is 0.722. The zero-order chi connectivity index (χ0) is 11.0. The highest BCUT2D eigenvalue weighted by Gasteiger charge is 2.42. The molecule has 2 fully saturated rings. The summed E-state index contributed by atoms with van der Waals surface area (Å²) in [5.41, 5.74) is 7.58. The lowest BCUT2D eigenvalue weighted by Crippen LogP contribution is -2.37. The summed E-state index contributed by atoms with van der Waals surface area (Å²) in [6, 6.07) is 0. The third kappa shape index (κ3) is 1.95. The van der Waals surface area contributed by atoms with E-state index in [9.17, 15) is 0 Å². The maximum atomic E-state index is 5.79. The molecule has 0 aromatic heterocycles. The fourth-order valence-corrected chi connectivity index (χ4v) is 4.23. The van der Waals surface area contributed by atoms with E-state index in [4.69, 9.17) is 5.73 Å². The first-order chi connectivity index (χ1) is 7.86. The number of rotatable bonds is 3. The summed E-state index contributed by atoms with van der Waals surface area (Å²) >= 11 is 0. The lowest BCUT2D eigenvalue weighted by molar-refractivity contribution is 0.136. The first-order valence-electron chi connectivity index (χ1n) is 7.26. The maximum Gasteiger partial charge on any atom is -0.00430 e. The van der Waals surface area contributed by atoms with Crippen molar-refractivity contribution in [2.24, 2.45) is 29.4 Å².